The number of benzene rings is 6. The zero-order chi connectivity index (χ0) is 54.7. The first-order valence-electron chi connectivity index (χ1n) is 29.4. The SMILES string of the molecule is Cc1cc(-c2cc3oc4cc5c(cc4c3cc2Nc2ccc3c(c2)C(C)(C)CCC3(C)C)C(C)(C)CCC5(C)C)c2c(c1)N(c1cc3c(cc1C)C(C)(C)CCC3(C)C)c1c(sc3cc4c(cc13)C(C)(C)CCC4(C)C)[B]2. The molecule has 3 nitrogen and oxygen atoms in total. The van der Waals surface area contributed by atoms with E-state index in [2.05, 4.69) is 221 Å². The molecular formula is C72H84BN2OS. The molecule has 13 rings (SSSR count). The van der Waals surface area contributed by atoms with E-state index in [1.165, 1.54) is 149 Å². The van der Waals surface area contributed by atoms with Crippen LogP contribution in [0.1, 0.15) is 218 Å². The first-order valence-corrected chi connectivity index (χ1v) is 30.2. The van der Waals surface area contributed by atoms with Crippen LogP contribution in [-0.2, 0) is 43.3 Å². The highest BCUT2D eigenvalue weighted by Crippen LogP contribution is 2.55. The third-order valence-corrected chi connectivity index (χ3v) is 22.2. The highest BCUT2D eigenvalue weighted by molar-refractivity contribution is 7.29. The van der Waals surface area contributed by atoms with E-state index in [9.17, 15) is 0 Å². The molecule has 1 aliphatic heterocycles. The summed E-state index contributed by atoms with van der Waals surface area (Å²) in [6.45, 7) is 43.9. The molecular weight excluding hydrogens is 952 g/mol. The predicted octanol–water partition coefficient (Wildman–Crippen LogP) is 19.7. The lowest BCUT2D eigenvalue weighted by Gasteiger charge is -2.44. The number of aryl methyl sites for hydroxylation is 2. The molecule has 0 saturated heterocycles. The average Bonchev–Trinajstić information content (AvgIpc) is 3.90. The minimum atomic E-state index is 0.0546. The molecule has 0 saturated carbocycles. The highest BCUT2D eigenvalue weighted by atomic mass is 32.1. The summed E-state index contributed by atoms with van der Waals surface area (Å²) in [6, 6.07) is 32.3. The number of hydrogen-bond acceptors (Lipinski definition) is 4. The van der Waals surface area contributed by atoms with E-state index >= 15 is 0 Å². The van der Waals surface area contributed by atoms with Crippen molar-refractivity contribution in [3.05, 3.63) is 134 Å². The lowest BCUT2D eigenvalue weighted by molar-refractivity contribution is 0.332. The van der Waals surface area contributed by atoms with Crippen molar-refractivity contribution < 1.29 is 4.42 Å². The summed E-state index contributed by atoms with van der Waals surface area (Å²) < 4.78 is 9.87. The fourth-order valence-electron chi connectivity index (χ4n) is 15.3. The standard InChI is InChI=1S/C72H84BN2OS/c1-40-29-46(43-36-59-45(44-33-51-54(38-60(44)76-59)71(15,16)27-24-68(51,9)10)35-56(43)74-42-19-20-48-50(32-42)67(7,8)22-21-65(48,3)4)62-58(30-40)75(57-37-53-49(31-41(57)2)66(5,6)23-26-70(53,13)14)63-47-34-52-55(39-61(47)77-64(63)73-62)72(17,18)28-25-69(52,11)12/h19-20,29-39,74H,21-28H2,1-18H3. The van der Waals surface area contributed by atoms with Crippen molar-refractivity contribution >= 4 is 89.3 Å². The topological polar surface area (TPSA) is 28.4 Å². The number of nitrogens with one attached hydrogen (secondary N) is 1. The first-order chi connectivity index (χ1) is 35.9. The van der Waals surface area contributed by atoms with Gasteiger partial charge in [0.25, 0.3) is 0 Å². The van der Waals surface area contributed by atoms with E-state index in [0.717, 1.165) is 39.9 Å². The van der Waals surface area contributed by atoms with Crippen LogP contribution in [0.25, 0.3) is 43.2 Å². The van der Waals surface area contributed by atoms with Gasteiger partial charge < -0.3 is 14.6 Å². The molecule has 397 valence electrons. The Morgan fingerprint density at radius 2 is 0.909 bits per heavy atom. The van der Waals surface area contributed by atoms with E-state index < -0.39 is 0 Å². The number of thiophene rings is 1. The molecule has 8 aromatic rings. The van der Waals surface area contributed by atoms with Crippen LogP contribution in [0, 0.1) is 13.8 Å². The monoisotopic (exact) mass is 1040 g/mol. The molecule has 0 fully saturated rings. The summed E-state index contributed by atoms with van der Waals surface area (Å²) in [5.74, 6) is 0. The van der Waals surface area contributed by atoms with Gasteiger partial charge in [0.15, 0.2) is 0 Å². The van der Waals surface area contributed by atoms with Gasteiger partial charge in [-0.15, -0.1) is 11.3 Å². The molecule has 0 bridgehead atoms. The maximum Gasteiger partial charge on any atom is 0.211 e. The summed E-state index contributed by atoms with van der Waals surface area (Å²) >= 11 is 1.98. The van der Waals surface area contributed by atoms with Crippen molar-refractivity contribution in [3.63, 3.8) is 0 Å². The second-order valence-corrected chi connectivity index (χ2v) is 31.5. The molecule has 5 heteroatoms. The zero-order valence-corrected chi connectivity index (χ0v) is 50.8. The Balaban J connectivity index is 1.09. The second kappa shape index (κ2) is 16.2. The molecule has 0 amide bonds. The van der Waals surface area contributed by atoms with Crippen LogP contribution < -0.4 is 20.5 Å². The van der Waals surface area contributed by atoms with Gasteiger partial charge in [0, 0.05) is 49.2 Å². The van der Waals surface area contributed by atoms with Crippen molar-refractivity contribution in [1.82, 2.24) is 0 Å². The lowest BCUT2D eigenvalue weighted by Crippen LogP contribution is -2.40. The summed E-state index contributed by atoms with van der Waals surface area (Å²) in [5.41, 5.74) is 26.8. The smallest absolute Gasteiger partial charge is 0.211 e. The first kappa shape index (κ1) is 51.2. The van der Waals surface area contributed by atoms with Gasteiger partial charge in [-0.25, -0.2) is 0 Å². The average molecular weight is 1040 g/mol. The Labute approximate surface area is 466 Å². The van der Waals surface area contributed by atoms with Crippen LogP contribution in [0.4, 0.5) is 28.4 Å². The zero-order valence-electron chi connectivity index (χ0n) is 50.0. The number of nitrogens with zero attached hydrogens (tertiary/aromatic N) is 1. The van der Waals surface area contributed by atoms with Crippen LogP contribution >= 0.6 is 11.3 Å². The van der Waals surface area contributed by atoms with Gasteiger partial charge in [0.2, 0.25) is 7.28 Å². The van der Waals surface area contributed by atoms with Crippen LogP contribution in [0.5, 0.6) is 0 Å². The van der Waals surface area contributed by atoms with E-state index in [-0.39, 0.29) is 43.3 Å². The minimum absolute atomic E-state index is 0.0546. The van der Waals surface area contributed by atoms with Gasteiger partial charge in [0.05, 0.1) is 5.69 Å². The lowest BCUT2D eigenvalue weighted by atomic mass is 9.61. The number of anilines is 5. The van der Waals surface area contributed by atoms with Crippen molar-refractivity contribution in [2.45, 2.75) is 219 Å². The van der Waals surface area contributed by atoms with E-state index in [0.29, 0.717) is 0 Å². The molecule has 1 radical (unpaired) electrons. The predicted molar refractivity (Wildman–Crippen MR) is 335 cm³/mol. The molecule has 4 aliphatic carbocycles. The van der Waals surface area contributed by atoms with Gasteiger partial charge in [-0.1, -0.05) is 129 Å². The third kappa shape index (κ3) is 7.75. The summed E-state index contributed by atoms with van der Waals surface area (Å²) in [7, 11) is 2.56. The fraction of sp³-hybridized carbons (Fsp3) is 0.472. The van der Waals surface area contributed by atoms with Gasteiger partial charge >= 0.3 is 0 Å². The van der Waals surface area contributed by atoms with Gasteiger partial charge in [-0.05, 0) is 241 Å². The van der Waals surface area contributed by atoms with Gasteiger partial charge in [-0.3, -0.25) is 0 Å². The Hall–Kier alpha value is -5.26. The summed E-state index contributed by atoms with van der Waals surface area (Å²) in [5, 5.41) is 7.91. The van der Waals surface area contributed by atoms with Crippen LogP contribution in [0.2, 0.25) is 0 Å². The molecule has 1 N–H and O–H groups in total. The van der Waals surface area contributed by atoms with E-state index in [4.69, 9.17) is 4.42 Å². The van der Waals surface area contributed by atoms with Crippen molar-refractivity contribution in [2.75, 3.05) is 10.2 Å². The van der Waals surface area contributed by atoms with Gasteiger partial charge in [0.1, 0.15) is 11.2 Å². The number of rotatable bonds is 4. The van der Waals surface area contributed by atoms with E-state index in [1.807, 2.05) is 11.3 Å². The molecule has 77 heavy (non-hydrogen) atoms. The quantitative estimate of drug-likeness (QED) is 0.178. The molecule has 0 unspecified atom stereocenters. The summed E-state index contributed by atoms with van der Waals surface area (Å²) in [4.78, 5) is 2.72. The molecule has 5 aliphatic rings. The molecule has 2 aromatic heterocycles. The highest BCUT2D eigenvalue weighted by Gasteiger charge is 2.43. The molecule has 0 atom stereocenters. The Morgan fingerprint density at radius 3 is 1.49 bits per heavy atom. The largest absolute Gasteiger partial charge is 0.456 e. The third-order valence-electron chi connectivity index (χ3n) is 21.1. The van der Waals surface area contributed by atoms with Crippen molar-refractivity contribution in [1.29, 1.82) is 0 Å². The molecule has 0 spiro atoms. The van der Waals surface area contributed by atoms with Gasteiger partial charge in [-0.2, -0.15) is 0 Å². The van der Waals surface area contributed by atoms with Crippen LogP contribution in [0.3, 0.4) is 0 Å². The number of hydrogen-bond donors (Lipinski definition) is 1. The summed E-state index contributed by atoms with van der Waals surface area (Å²) in [6.07, 6.45) is 9.45. The fourth-order valence-corrected chi connectivity index (χ4v) is 16.5. The molecule has 6 aromatic carbocycles. The van der Waals surface area contributed by atoms with Crippen LogP contribution in [-0.4, -0.2) is 7.28 Å². The number of furan rings is 1. The number of fused-ring (bicyclic) bond motifs is 11. The maximum atomic E-state index is 7.17. The van der Waals surface area contributed by atoms with Crippen molar-refractivity contribution in [2.24, 2.45) is 0 Å². The Morgan fingerprint density at radius 1 is 0.442 bits per heavy atom. The maximum absolute atomic E-state index is 7.17. The normalized spacial score (nSPS) is 21.4. The minimum Gasteiger partial charge on any atom is -0.456 e. The Kier molecular flexibility index (Phi) is 10.8. The van der Waals surface area contributed by atoms with Crippen molar-refractivity contribution in [3.8, 4) is 11.1 Å². The van der Waals surface area contributed by atoms with E-state index in [1.54, 1.807) is 0 Å². The van der Waals surface area contributed by atoms with Crippen LogP contribution in [0.15, 0.2) is 83.3 Å². The Bertz CT molecular complexity index is 3860. The second-order valence-electron chi connectivity index (χ2n) is 30.5. The molecule has 3 heterocycles.